The molecule has 3 heterocycles. The van der Waals surface area contributed by atoms with E-state index in [-0.39, 0.29) is 0 Å². The molecule has 0 atom stereocenters. The Bertz CT molecular complexity index is 2620. The van der Waals surface area contributed by atoms with Crippen LogP contribution < -0.4 is 28.4 Å². The van der Waals surface area contributed by atoms with Gasteiger partial charge >= 0.3 is 0 Å². The normalized spacial score (nSPS) is 13.0. The van der Waals surface area contributed by atoms with Crippen molar-refractivity contribution in [3.05, 3.63) is 91.0 Å². The van der Waals surface area contributed by atoms with Crippen molar-refractivity contribution in [2.45, 2.75) is 80.1 Å². The fourth-order valence-corrected chi connectivity index (χ4v) is 18.2. The highest BCUT2D eigenvalue weighted by molar-refractivity contribution is 7.71. The molecule has 0 aliphatic carbocycles. The molecule has 0 amide bonds. The lowest BCUT2D eigenvalue weighted by atomic mass is 9.93. The molecule has 0 spiro atoms. The Hall–Kier alpha value is -4.98. The second kappa shape index (κ2) is 17.9. The van der Waals surface area contributed by atoms with Crippen LogP contribution in [0.4, 0.5) is 0 Å². The Kier molecular flexibility index (Phi) is 11.9. The third kappa shape index (κ3) is 6.50. The van der Waals surface area contributed by atoms with Crippen LogP contribution in [-0.2, 0) is 0 Å². The smallest absolute Gasteiger partial charge is 0.174 e. The van der Waals surface area contributed by atoms with Gasteiger partial charge in [-0.2, -0.15) is 0 Å². The number of hydrogen-bond acceptors (Lipinski definition) is 6. The van der Waals surface area contributed by atoms with E-state index in [1.807, 2.05) is 0 Å². The van der Waals surface area contributed by atoms with Crippen LogP contribution in [0.15, 0.2) is 91.0 Å². The standard InChI is InChI=1S/C54H57O6P3/c1-7-28-55-43-44(56-29-8-2)50-38-37-39-41-42-40(38)52(62(50)35-24-18-14-19-25-35)47(59-32-11-5)48(60-33-12-6)54(42)63(36-26-20-15-21-27-36)53(41)46(58-31-10-4)45(57-30-9-3)51(39)61(49(37)43)34-22-16-13-17-23-34/h13-27H,7-12,28-33H2,1-6H3. The molecule has 10 rings (SSSR count). The number of ether oxygens (including phenoxy) is 6. The predicted octanol–water partition coefficient (Wildman–Crippen LogP) is 17.6. The van der Waals surface area contributed by atoms with Crippen molar-refractivity contribution in [3.8, 4) is 50.4 Å². The SMILES string of the molecule is CCCOc1c(OCCC)c2c3c4c5c6c7c3c(c(OCCC)c(OCCC)c7p(-c3ccccc3)c6c(OCCC)c(OCCC)c5p(-c3ccccc3)c14)p2-c1ccccc1. The molecule has 0 aliphatic rings. The molecule has 0 radical (unpaired) electrons. The van der Waals surface area contributed by atoms with Gasteiger partial charge in [0.05, 0.1) is 70.3 Å². The van der Waals surface area contributed by atoms with Gasteiger partial charge in [0.2, 0.25) is 0 Å². The van der Waals surface area contributed by atoms with E-state index >= 15 is 0 Å². The molecular formula is C54H57O6P3. The molecule has 324 valence electrons. The van der Waals surface area contributed by atoms with E-state index in [1.165, 1.54) is 78.9 Å². The van der Waals surface area contributed by atoms with Gasteiger partial charge in [-0.05, 0) is 54.4 Å². The predicted molar refractivity (Wildman–Crippen MR) is 272 cm³/mol. The average molecular weight is 895 g/mol. The van der Waals surface area contributed by atoms with E-state index in [1.54, 1.807) is 0 Å². The number of benzene rings is 7. The third-order valence-corrected chi connectivity index (χ3v) is 19.6. The molecular weight excluding hydrogens is 838 g/mol. The van der Waals surface area contributed by atoms with E-state index in [4.69, 9.17) is 28.4 Å². The average Bonchev–Trinajstić information content (AvgIpc) is 3.98. The highest BCUT2D eigenvalue weighted by Gasteiger charge is 2.41. The molecule has 10 aromatic rings. The molecule has 0 bridgehead atoms. The zero-order chi connectivity index (χ0) is 43.2. The lowest BCUT2D eigenvalue weighted by molar-refractivity contribution is 0.274. The molecule has 0 unspecified atom stereocenters. The highest BCUT2D eigenvalue weighted by atomic mass is 31.1. The van der Waals surface area contributed by atoms with Gasteiger partial charge in [-0.25, -0.2) is 0 Å². The van der Waals surface area contributed by atoms with Crippen LogP contribution in [0, 0.1) is 0 Å². The monoisotopic (exact) mass is 894 g/mol. The summed E-state index contributed by atoms with van der Waals surface area (Å²) in [7, 11) is -3.63. The first-order chi connectivity index (χ1) is 31.1. The second-order valence-corrected chi connectivity index (χ2v) is 22.7. The Morgan fingerprint density at radius 1 is 0.270 bits per heavy atom. The molecule has 0 fully saturated rings. The molecule has 63 heavy (non-hydrogen) atoms. The van der Waals surface area contributed by atoms with Gasteiger partial charge in [-0.15, -0.1) is 0 Å². The zero-order valence-electron chi connectivity index (χ0n) is 37.4. The van der Waals surface area contributed by atoms with Crippen LogP contribution in [0.5, 0.6) is 34.5 Å². The van der Waals surface area contributed by atoms with Crippen LogP contribution in [0.3, 0.4) is 0 Å². The summed E-state index contributed by atoms with van der Waals surface area (Å²) in [5.74, 6) is 5.32. The maximum atomic E-state index is 7.23. The van der Waals surface area contributed by atoms with Crippen LogP contribution in [0.1, 0.15) is 80.1 Å². The Morgan fingerprint density at radius 2 is 0.444 bits per heavy atom. The van der Waals surface area contributed by atoms with Gasteiger partial charge in [-0.1, -0.05) is 155 Å². The summed E-state index contributed by atoms with van der Waals surface area (Å²) in [6, 6.07) is 33.3. The van der Waals surface area contributed by atoms with Crippen molar-refractivity contribution in [1.29, 1.82) is 0 Å². The zero-order valence-corrected chi connectivity index (χ0v) is 40.1. The fraction of sp³-hybridized carbons (Fsp3) is 0.333. The van der Waals surface area contributed by atoms with Crippen LogP contribution in [0.25, 0.3) is 78.9 Å². The van der Waals surface area contributed by atoms with E-state index in [9.17, 15) is 0 Å². The molecule has 7 aromatic carbocycles. The minimum atomic E-state index is -1.21. The lowest BCUT2D eigenvalue weighted by Gasteiger charge is -2.18. The third-order valence-electron chi connectivity index (χ3n) is 11.9. The van der Waals surface area contributed by atoms with E-state index < -0.39 is 22.6 Å². The van der Waals surface area contributed by atoms with Crippen LogP contribution >= 0.6 is 22.6 Å². The van der Waals surface area contributed by atoms with Gasteiger partial charge in [0.25, 0.3) is 0 Å². The first-order valence-corrected chi connectivity index (χ1v) is 27.2. The number of hydrogen-bond donors (Lipinski definition) is 0. The fourth-order valence-electron chi connectivity index (χ4n) is 9.65. The molecule has 6 nitrogen and oxygen atoms in total. The van der Waals surface area contributed by atoms with E-state index in [2.05, 4.69) is 133 Å². The van der Waals surface area contributed by atoms with Gasteiger partial charge in [-0.3, -0.25) is 0 Å². The van der Waals surface area contributed by atoms with Crippen molar-refractivity contribution in [3.63, 3.8) is 0 Å². The minimum Gasteiger partial charge on any atom is -0.489 e. The first kappa shape index (κ1) is 42.0. The van der Waals surface area contributed by atoms with Gasteiger partial charge in [0.1, 0.15) is 0 Å². The molecule has 0 N–H and O–H groups in total. The first-order valence-electron chi connectivity index (χ1n) is 23.2. The van der Waals surface area contributed by atoms with Crippen molar-refractivity contribution in [2.75, 3.05) is 39.6 Å². The number of rotatable bonds is 21. The topological polar surface area (TPSA) is 55.4 Å². The Labute approximate surface area is 373 Å². The molecule has 0 saturated heterocycles. The summed E-state index contributed by atoms with van der Waals surface area (Å²) in [5, 5.41) is 18.9. The summed E-state index contributed by atoms with van der Waals surface area (Å²) >= 11 is 0. The molecule has 0 aliphatic heterocycles. The molecule has 3 aromatic heterocycles. The Morgan fingerprint density at radius 3 is 0.603 bits per heavy atom. The minimum absolute atomic E-state index is 0.578. The largest absolute Gasteiger partial charge is 0.489 e. The Balaban J connectivity index is 1.62. The summed E-state index contributed by atoms with van der Waals surface area (Å²) in [6.07, 6.45) is 5.25. The van der Waals surface area contributed by atoms with Crippen molar-refractivity contribution in [1.82, 2.24) is 0 Å². The van der Waals surface area contributed by atoms with Gasteiger partial charge in [0.15, 0.2) is 34.5 Å². The summed E-state index contributed by atoms with van der Waals surface area (Å²) in [6.45, 7) is 16.6. The summed E-state index contributed by atoms with van der Waals surface area (Å²) < 4.78 is 43.4. The van der Waals surface area contributed by atoms with E-state index in [0.29, 0.717) is 39.6 Å². The highest BCUT2D eigenvalue weighted by Crippen LogP contribution is 2.78. The van der Waals surface area contributed by atoms with Crippen LogP contribution in [0.2, 0.25) is 0 Å². The molecule has 9 heteroatoms. The lowest BCUT2D eigenvalue weighted by Crippen LogP contribution is -2.02. The van der Waals surface area contributed by atoms with Crippen molar-refractivity contribution in [2.24, 2.45) is 0 Å². The summed E-state index contributed by atoms with van der Waals surface area (Å²) in [5.41, 5.74) is 0. The maximum Gasteiger partial charge on any atom is 0.174 e. The maximum absolute atomic E-state index is 7.23. The van der Waals surface area contributed by atoms with Gasteiger partial charge in [0, 0.05) is 32.3 Å². The quantitative estimate of drug-likeness (QED) is 0.0670. The van der Waals surface area contributed by atoms with Gasteiger partial charge < -0.3 is 28.4 Å². The molecule has 0 saturated carbocycles. The van der Waals surface area contributed by atoms with Crippen molar-refractivity contribution < 1.29 is 28.4 Å². The second-order valence-electron chi connectivity index (χ2n) is 16.4. The van der Waals surface area contributed by atoms with Crippen molar-refractivity contribution >= 4 is 85.6 Å². The van der Waals surface area contributed by atoms with Crippen LogP contribution in [-0.4, -0.2) is 39.6 Å². The summed E-state index contributed by atoms with van der Waals surface area (Å²) in [4.78, 5) is 0. The van der Waals surface area contributed by atoms with E-state index in [0.717, 1.165) is 73.0 Å².